The molecule has 2 aliphatic heterocycles. The number of nitriles is 1. The topological polar surface area (TPSA) is 70.9 Å². The number of likely N-dealkylation sites (N-methyl/N-ethyl adjacent to an activating group) is 1. The van der Waals surface area contributed by atoms with E-state index in [0.29, 0.717) is 36.4 Å². The third-order valence-corrected chi connectivity index (χ3v) is 7.79. The fourth-order valence-corrected chi connectivity index (χ4v) is 5.59. The standard InChI is InChI=1S/C28H28F5N5O2S/c1-27(2)25(40)37(21-10-8-18(16-34)23(24(21)30)28(31,32)33)26(41)38(27)19-9-7-17(20(29)15-19)5-4-6-22(39)36-13-11-35(3)12-14-36/h7-10,15H,4-6,11-14H2,1-3H3. The molecule has 0 N–H and O–H groups in total. The Kier molecular flexibility index (Phi) is 8.38. The van der Waals surface area contributed by atoms with Crippen LogP contribution >= 0.6 is 12.2 Å². The second-order valence-electron chi connectivity index (χ2n) is 10.6. The lowest BCUT2D eigenvalue weighted by Gasteiger charge is -2.32. The van der Waals surface area contributed by atoms with Crippen LogP contribution in [0.2, 0.25) is 0 Å². The smallest absolute Gasteiger partial charge is 0.340 e. The van der Waals surface area contributed by atoms with Crippen molar-refractivity contribution in [3.63, 3.8) is 0 Å². The molecular weight excluding hydrogens is 565 g/mol. The van der Waals surface area contributed by atoms with E-state index >= 15 is 8.78 Å². The van der Waals surface area contributed by atoms with Crippen LogP contribution in [0.4, 0.5) is 33.3 Å². The van der Waals surface area contributed by atoms with Gasteiger partial charge in [0.2, 0.25) is 5.91 Å². The molecule has 0 spiro atoms. The summed E-state index contributed by atoms with van der Waals surface area (Å²) >= 11 is 5.40. The number of rotatable bonds is 6. The van der Waals surface area contributed by atoms with Gasteiger partial charge in [-0.3, -0.25) is 14.5 Å². The second-order valence-corrected chi connectivity index (χ2v) is 10.9. The largest absolute Gasteiger partial charge is 0.420 e. The number of thiocarbonyl (C=S) groups is 1. The number of alkyl halides is 3. The van der Waals surface area contributed by atoms with Crippen molar-refractivity contribution >= 4 is 40.5 Å². The summed E-state index contributed by atoms with van der Waals surface area (Å²) < 4.78 is 71.1. The predicted octanol–water partition coefficient (Wildman–Crippen LogP) is 4.87. The number of amides is 2. The van der Waals surface area contributed by atoms with Gasteiger partial charge in [-0.1, -0.05) is 6.07 Å². The molecule has 0 bridgehead atoms. The van der Waals surface area contributed by atoms with Crippen molar-refractivity contribution in [3.05, 3.63) is 58.7 Å². The first-order valence-electron chi connectivity index (χ1n) is 12.9. The van der Waals surface area contributed by atoms with E-state index in [0.717, 1.165) is 31.3 Å². The summed E-state index contributed by atoms with van der Waals surface area (Å²) in [7, 11) is 1.99. The molecule has 2 aromatic rings. The first-order chi connectivity index (χ1) is 19.2. The summed E-state index contributed by atoms with van der Waals surface area (Å²) in [5, 5.41) is 8.71. The summed E-state index contributed by atoms with van der Waals surface area (Å²) in [5.41, 5.74) is -4.50. The van der Waals surface area contributed by atoms with E-state index < -0.39 is 46.1 Å². The fraction of sp³-hybridized carbons (Fsp3) is 0.429. The Morgan fingerprint density at radius 2 is 1.76 bits per heavy atom. The van der Waals surface area contributed by atoms with Crippen LogP contribution in [0.3, 0.4) is 0 Å². The van der Waals surface area contributed by atoms with E-state index in [1.54, 1.807) is 4.90 Å². The quantitative estimate of drug-likeness (QED) is 0.352. The summed E-state index contributed by atoms with van der Waals surface area (Å²) in [6.07, 6.45) is -4.20. The van der Waals surface area contributed by atoms with Crippen LogP contribution in [0.1, 0.15) is 43.4 Å². The minimum Gasteiger partial charge on any atom is -0.340 e. The van der Waals surface area contributed by atoms with Crippen molar-refractivity contribution in [2.45, 2.75) is 44.8 Å². The van der Waals surface area contributed by atoms with Crippen LogP contribution in [0.25, 0.3) is 0 Å². The van der Waals surface area contributed by atoms with Gasteiger partial charge in [-0.15, -0.1) is 0 Å². The van der Waals surface area contributed by atoms with E-state index in [1.165, 1.54) is 36.9 Å². The second kappa shape index (κ2) is 11.3. The van der Waals surface area contributed by atoms with E-state index in [9.17, 15) is 22.8 Å². The molecular formula is C28H28F5N5O2S. The lowest BCUT2D eigenvalue weighted by Crippen LogP contribution is -2.47. The van der Waals surface area contributed by atoms with Gasteiger partial charge in [0.15, 0.2) is 10.9 Å². The zero-order valence-electron chi connectivity index (χ0n) is 22.7. The van der Waals surface area contributed by atoms with E-state index in [1.807, 2.05) is 7.05 Å². The number of aryl methyl sites for hydroxylation is 1. The van der Waals surface area contributed by atoms with Crippen molar-refractivity contribution in [2.24, 2.45) is 0 Å². The first kappa shape index (κ1) is 30.3. The van der Waals surface area contributed by atoms with Crippen molar-refractivity contribution < 1.29 is 31.5 Å². The molecule has 2 fully saturated rings. The monoisotopic (exact) mass is 593 g/mol. The van der Waals surface area contributed by atoms with Gasteiger partial charge >= 0.3 is 6.18 Å². The molecule has 0 saturated carbocycles. The Morgan fingerprint density at radius 1 is 1.10 bits per heavy atom. The number of nitrogens with zero attached hydrogens (tertiary/aromatic N) is 5. The van der Waals surface area contributed by atoms with Crippen molar-refractivity contribution in [1.82, 2.24) is 9.80 Å². The number of hydrogen-bond acceptors (Lipinski definition) is 5. The maximum atomic E-state index is 15.2. The maximum Gasteiger partial charge on any atom is 0.420 e. The van der Waals surface area contributed by atoms with Gasteiger partial charge in [0.25, 0.3) is 5.91 Å². The van der Waals surface area contributed by atoms with E-state index in [-0.39, 0.29) is 23.1 Å². The molecule has 7 nitrogen and oxygen atoms in total. The number of hydrogen-bond donors (Lipinski definition) is 0. The zero-order chi connectivity index (χ0) is 30.3. The molecule has 0 aliphatic carbocycles. The number of halogens is 5. The number of carbonyl (C=O) groups excluding carboxylic acids is 2. The highest BCUT2D eigenvalue weighted by atomic mass is 32.1. The summed E-state index contributed by atoms with van der Waals surface area (Å²) in [4.78, 5) is 31.7. The molecule has 2 amide bonds. The summed E-state index contributed by atoms with van der Waals surface area (Å²) in [6.45, 7) is 5.79. The molecule has 13 heteroatoms. The molecule has 0 radical (unpaired) electrons. The minimum atomic E-state index is -5.20. The average molecular weight is 594 g/mol. The molecule has 2 aromatic carbocycles. The van der Waals surface area contributed by atoms with Crippen LogP contribution < -0.4 is 9.80 Å². The molecule has 41 heavy (non-hydrogen) atoms. The van der Waals surface area contributed by atoms with Crippen LogP contribution in [-0.4, -0.2) is 65.5 Å². The first-order valence-corrected chi connectivity index (χ1v) is 13.3. The van der Waals surface area contributed by atoms with E-state index in [4.69, 9.17) is 17.5 Å². The predicted molar refractivity (Wildman–Crippen MR) is 146 cm³/mol. The van der Waals surface area contributed by atoms with Gasteiger partial charge in [0.1, 0.15) is 16.9 Å². The van der Waals surface area contributed by atoms with Gasteiger partial charge in [-0.05, 0) is 75.8 Å². The van der Waals surface area contributed by atoms with Crippen LogP contribution in [0, 0.1) is 23.0 Å². The molecule has 4 rings (SSSR count). The van der Waals surface area contributed by atoms with Crippen LogP contribution in [0.5, 0.6) is 0 Å². The Hall–Kier alpha value is -3.63. The SMILES string of the molecule is CN1CCN(C(=O)CCCc2ccc(N3C(=S)N(c4ccc(C#N)c(C(F)(F)F)c4F)C(=O)C3(C)C)cc2F)CC1. The zero-order valence-corrected chi connectivity index (χ0v) is 23.5. The lowest BCUT2D eigenvalue weighted by molar-refractivity contribution is -0.140. The fourth-order valence-electron chi connectivity index (χ4n) is 5.07. The molecule has 218 valence electrons. The molecule has 0 atom stereocenters. The van der Waals surface area contributed by atoms with Gasteiger partial charge in [-0.25, -0.2) is 8.78 Å². The number of carbonyl (C=O) groups is 2. The lowest BCUT2D eigenvalue weighted by atomic mass is 10.0. The van der Waals surface area contributed by atoms with E-state index in [2.05, 4.69) is 4.90 Å². The summed E-state index contributed by atoms with van der Waals surface area (Å²) in [6, 6.07) is 7.14. The molecule has 0 aromatic heterocycles. The Morgan fingerprint density at radius 3 is 2.34 bits per heavy atom. The molecule has 2 saturated heterocycles. The van der Waals surface area contributed by atoms with Gasteiger partial charge in [0.05, 0.1) is 17.3 Å². The third kappa shape index (κ3) is 5.76. The third-order valence-electron chi connectivity index (χ3n) is 7.42. The van der Waals surface area contributed by atoms with Gasteiger partial charge in [0, 0.05) is 38.3 Å². The molecule has 2 aliphatic rings. The molecule has 2 heterocycles. The average Bonchev–Trinajstić information content (AvgIpc) is 3.07. The van der Waals surface area contributed by atoms with Crippen LogP contribution in [-0.2, 0) is 22.2 Å². The maximum absolute atomic E-state index is 15.2. The Labute approximate surface area is 239 Å². The Balaban J connectivity index is 1.54. The highest BCUT2D eigenvalue weighted by Gasteiger charge is 2.52. The van der Waals surface area contributed by atoms with Crippen LogP contribution in [0.15, 0.2) is 30.3 Å². The van der Waals surface area contributed by atoms with Crippen molar-refractivity contribution in [2.75, 3.05) is 43.0 Å². The Bertz CT molecular complexity index is 1430. The molecule has 0 unspecified atom stereocenters. The highest BCUT2D eigenvalue weighted by molar-refractivity contribution is 7.81. The number of piperazine rings is 1. The van der Waals surface area contributed by atoms with Crippen molar-refractivity contribution in [1.29, 1.82) is 5.26 Å². The number of benzene rings is 2. The normalized spacial score (nSPS) is 17.8. The van der Waals surface area contributed by atoms with Crippen molar-refractivity contribution in [3.8, 4) is 6.07 Å². The minimum absolute atomic E-state index is 0.0154. The van der Waals surface area contributed by atoms with Gasteiger partial charge < -0.3 is 14.7 Å². The van der Waals surface area contributed by atoms with Gasteiger partial charge in [-0.2, -0.15) is 18.4 Å². The highest BCUT2D eigenvalue weighted by Crippen LogP contribution is 2.42. The summed E-state index contributed by atoms with van der Waals surface area (Å²) in [5.74, 6) is -3.23. The number of anilines is 2.